The van der Waals surface area contributed by atoms with Crippen LogP contribution in [0, 0.1) is 0 Å². The monoisotopic (exact) mass is 500 g/mol. The molecule has 1 rings (SSSR count). The molecule has 0 unspecified atom stereocenters. The molecular formula is C25H40O10. The van der Waals surface area contributed by atoms with Crippen LogP contribution >= 0.6 is 0 Å². The van der Waals surface area contributed by atoms with Crippen LogP contribution in [0.2, 0.25) is 0 Å². The number of carbonyl (C=O) groups is 1. The van der Waals surface area contributed by atoms with Crippen molar-refractivity contribution in [1.82, 2.24) is 0 Å². The zero-order valence-corrected chi connectivity index (χ0v) is 20.6. The van der Waals surface area contributed by atoms with Crippen molar-refractivity contribution in [2.45, 2.75) is 0 Å². The third-order valence-electron chi connectivity index (χ3n) is 4.17. The highest BCUT2D eigenvalue weighted by Crippen LogP contribution is 2.00. The Balaban J connectivity index is 1.68. The largest absolute Gasteiger partial charge is 0.499 e. The second-order valence-corrected chi connectivity index (χ2v) is 6.83. The van der Waals surface area contributed by atoms with E-state index in [0.717, 1.165) is 0 Å². The van der Waals surface area contributed by atoms with Crippen LogP contribution in [0.15, 0.2) is 43.2 Å². The standard InChI is InChI=1S/C25H40O10/c1-2-27-8-9-28-10-11-29-12-13-30-14-15-31-16-17-32-18-19-33-20-21-34-22-23-35-25(26)24-6-4-3-5-7-24/h2-7H,1,8-23H2. The maximum absolute atomic E-state index is 11.7. The minimum Gasteiger partial charge on any atom is -0.499 e. The van der Waals surface area contributed by atoms with Gasteiger partial charge in [0.25, 0.3) is 0 Å². The normalized spacial score (nSPS) is 10.9. The van der Waals surface area contributed by atoms with E-state index < -0.39 is 0 Å². The highest BCUT2D eigenvalue weighted by Gasteiger charge is 2.05. The van der Waals surface area contributed by atoms with Crippen molar-refractivity contribution in [2.24, 2.45) is 0 Å². The molecule has 200 valence electrons. The smallest absolute Gasteiger partial charge is 0.338 e. The van der Waals surface area contributed by atoms with E-state index in [1.54, 1.807) is 24.3 Å². The SMILES string of the molecule is C=COCCOCCOCCOCCOCCOCCOCCOCCOC(=O)c1ccccc1. The number of esters is 1. The molecule has 0 aliphatic heterocycles. The molecule has 0 aliphatic carbocycles. The molecule has 0 saturated carbocycles. The lowest BCUT2D eigenvalue weighted by atomic mass is 10.2. The van der Waals surface area contributed by atoms with Crippen LogP contribution in [-0.4, -0.2) is 112 Å². The van der Waals surface area contributed by atoms with Gasteiger partial charge in [-0.3, -0.25) is 0 Å². The van der Waals surface area contributed by atoms with E-state index in [9.17, 15) is 4.79 Å². The summed E-state index contributed by atoms with van der Waals surface area (Å²) in [5.41, 5.74) is 0.528. The molecule has 0 N–H and O–H groups in total. The second kappa shape index (κ2) is 25.1. The van der Waals surface area contributed by atoms with E-state index in [2.05, 4.69) is 6.58 Å². The van der Waals surface area contributed by atoms with E-state index >= 15 is 0 Å². The summed E-state index contributed by atoms with van der Waals surface area (Å²) >= 11 is 0. The Morgan fingerprint density at radius 1 is 0.543 bits per heavy atom. The molecule has 10 nitrogen and oxygen atoms in total. The van der Waals surface area contributed by atoms with E-state index in [-0.39, 0.29) is 12.6 Å². The van der Waals surface area contributed by atoms with E-state index in [4.69, 9.17) is 42.6 Å². The topological polar surface area (TPSA) is 100 Å². The molecule has 0 bridgehead atoms. The first-order valence-corrected chi connectivity index (χ1v) is 11.8. The Morgan fingerprint density at radius 2 is 0.886 bits per heavy atom. The van der Waals surface area contributed by atoms with Gasteiger partial charge in [0, 0.05) is 0 Å². The molecule has 0 spiro atoms. The summed E-state index contributed by atoms with van der Waals surface area (Å²) in [4.78, 5) is 11.7. The van der Waals surface area contributed by atoms with Gasteiger partial charge in [-0.15, -0.1) is 0 Å². The second-order valence-electron chi connectivity index (χ2n) is 6.83. The maximum Gasteiger partial charge on any atom is 0.338 e. The Kier molecular flexibility index (Phi) is 22.2. The Labute approximate surface area is 208 Å². The van der Waals surface area contributed by atoms with Crippen LogP contribution < -0.4 is 0 Å². The van der Waals surface area contributed by atoms with Gasteiger partial charge in [0.15, 0.2) is 0 Å². The van der Waals surface area contributed by atoms with Crippen LogP contribution in [0.5, 0.6) is 0 Å². The molecule has 0 atom stereocenters. The summed E-state index contributed by atoms with van der Waals surface area (Å²) in [6.45, 7) is 10.9. The summed E-state index contributed by atoms with van der Waals surface area (Å²) in [5, 5.41) is 0. The molecule has 0 heterocycles. The molecule has 0 fully saturated rings. The van der Waals surface area contributed by atoms with Crippen molar-refractivity contribution in [3.05, 3.63) is 48.7 Å². The van der Waals surface area contributed by atoms with E-state index in [0.29, 0.717) is 105 Å². The fourth-order valence-corrected chi connectivity index (χ4v) is 2.46. The summed E-state index contributed by atoms with van der Waals surface area (Å²) in [6, 6.07) is 8.85. The molecule has 1 aromatic rings. The van der Waals surface area contributed by atoms with E-state index in [1.165, 1.54) is 6.26 Å². The van der Waals surface area contributed by atoms with Gasteiger partial charge in [-0.2, -0.15) is 0 Å². The van der Waals surface area contributed by atoms with Crippen LogP contribution in [-0.2, 0) is 42.6 Å². The third kappa shape index (κ3) is 21.0. The van der Waals surface area contributed by atoms with Crippen molar-refractivity contribution in [3.8, 4) is 0 Å². The molecular weight excluding hydrogens is 460 g/mol. The molecule has 10 heteroatoms. The van der Waals surface area contributed by atoms with Gasteiger partial charge in [0.2, 0.25) is 0 Å². The van der Waals surface area contributed by atoms with Crippen molar-refractivity contribution in [3.63, 3.8) is 0 Å². The van der Waals surface area contributed by atoms with Gasteiger partial charge in [-0.25, -0.2) is 4.79 Å². The van der Waals surface area contributed by atoms with Crippen molar-refractivity contribution >= 4 is 5.97 Å². The van der Waals surface area contributed by atoms with Gasteiger partial charge in [-0.05, 0) is 12.1 Å². The molecule has 0 aromatic heterocycles. The minimum atomic E-state index is -0.353. The zero-order chi connectivity index (χ0) is 25.1. The zero-order valence-electron chi connectivity index (χ0n) is 20.6. The minimum absolute atomic E-state index is 0.207. The fourth-order valence-electron chi connectivity index (χ4n) is 2.46. The average molecular weight is 501 g/mol. The van der Waals surface area contributed by atoms with Crippen LogP contribution in [0.25, 0.3) is 0 Å². The molecule has 0 saturated heterocycles. The predicted octanol–water partition coefficient (Wildman–Crippen LogP) is 2.12. The van der Waals surface area contributed by atoms with Crippen LogP contribution in [0.4, 0.5) is 0 Å². The molecule has 0 amide bonds. The van der Waals surface area contributed by atoms with Gasteiger partial charge in [-0.1, -0.05) is 24.8 Å². The van der Waals surface area contributed by atoms with Crippen LogP contribution in [0.3, 0.4) is 0 Å². The molecule has 1 aromatic carbocycles. The maximum atomic E-state index is 11.7. The van der Waals surface area contributed by atoms with Crippen molar-refractivity contribution in [1.29, 1.82) is 0 Å². The van der Waals surface area contributed by atoms with Gasteiger partial charge in [0.1, 0.15) is 13.2 Å². The lowest BCUT2D eigenvalue weighted by molar-refractivity contribution is -0.0231. The summed E-state index contributed by atoms with van der Waals surface area (Å²) < 4.78 is 47.8. The Morgan fingerprint density at radius 3 is 1.26 bits per heavy atom. The number of hydrogen-bond acceptors (Lipinski definition) is 10. The Hall–Kier alpha value is -2.05. The number of hydrogen-bond donors (Lipinski definition) is 0. The first-order valence-electron chi connectivity index (χ1n) is 11.8. The highest BCUT2D eigenvalue weighted by atomic mass is 16.6. The van der Waals surface area contributed by atoms with Gasteiger partial charge < -0.3 is 42.6 Å². The van der Waals surface area contributed by atoms with Crippen molar-refractivity contribution < 1.29 is 47.4 Å². The molecule has 0 aliphatic rings. The Bertz CT molecular complexity index is 599. The number of carbonyl (C=O) groups excluding carboxylic acids is 1. The number of benzene rings is 1. The summed E-state index contributed by atoms with van der Waals surface area (Å²) in [6.07, 6.45) is 1.39. The molecule has 35 heavy (non-hydrogen) atoms. The first-order chi connectivity index (χ1) is 17.3. The first kappa shape index (κ1) is 31.0. The average Bonchev–Trinajstić information content (AvgIpc) is 2.89. The van der Waals surface area contributed by atoms with Crippen LogP contribution in [0.1, 0.15) is 10.4 Å². The van der Waals surface area contributed by atoms with E-state index in [1.807, 2.05) is 6.07 Å². The highest BCUT2D eigenvalue weighted by molar-refractivity contribution is 5.89. The van der Waals surface area contributed by atoms with Gasteiger partial charge >= 0.3 is 5.97 Å². The lowest BCUT2D eigenvalue weighted by Crippen LogP contribution is -2.15. The fraction of sp³-hybridized carbons (Fsp3) is 0.640. The van der Waals surface area contributed by atoms with Gasteiger partial charge in [0.05, 0.1) is 104 Å². The quantitative estimate of drug-likeness (QED) is 0.107. The summed E-state index contributed by atoms with van der Waals surface area (Å²) in [7, 11) is 0. The van der Waals surface area contributed by atoms with Crippen molar-refractivity contribution in [2.75, 3.05) is 106 Å². The number of ether oxygens (including phenoxy) is 9. The summed E-state index contributed by atoms with van der Waals surface area (Å²) in [5.74, 6) is -0.353. The number of rotatable bonds is 26. The lowest BCUT2D eigenvalue weighted by Gasteiger charge is -2.08. The third-order valence-corrected chi connectivity index (χ3v) is 4.17. The predicted molar refractivity (Wildman–Crippen MR) is 129 cm³/mol. The molecule has 0 radical (unpaired) electrons.